The van der Waals surface area contributed by atoms with E-state index in [-0.39, 0.29) is 5.91 Å². The third-order valence-corrected chi connectivity index (χ3v) is 6.62. The van der Waals surface area contributed by atoms with Gasteiger partial charge < -0.3 is 4.90 Å². The first-order valence-electron chi connectivity index (χ1n) is 6.69. The lowest BCUT2D eigenvalue weighted by atomic mass is 10.2. The molecule has 0 saturated heterocycles. The average molecular weight is 263 g/mol. The van der Waals surface area contributed by atoms with Crippen molar-refractivity contribution >= 4 is 19.7 Å². The molecule has 0 heterocycles. The molecule has 0 fully saturated rings. The minimum atomic E-state index is -1.09. The highest BCUT2D eigenvalue weighted by Crippen LogP contribution is 2.20. The Labute approximate surface area is 112 Å². The smallest absolute Gasteiger partial charge is 0.223 e. The maximum absolute atomic E-state index is 11.3. The molecule has 0 atom stereocenters. The summed E-state index contributed by atoms with van der Waals surface area (Å²) in [7, 11) is 0.722. The van der Waals surface area contributed by atoms with E-state index < -0.39 is 8.07 Å². The van der Waals surface area contributed by atoms with E-state index in [0.717, 1.165) is 5.69 Å². The van der Waals surface area contributed by atoms with E-state index in [1.807, 2.05) is 19.2 Å². The molecule has 1 aromatic carbocycles. The lowest BCUT2D eigenvalue weighted by Crippen LogP contribution is -2.28. The first-order valence-corrected chi connectivity index (χ1v) is 10.1. The van der Waals surface area contributed by atoms with Gasteiger partial charge in [0.2, 0.25) is 5.91 Å². The lowest BCUT2D eigenvalue weighted by Gasteiger charge is -2.22. The van der Waals surface area contributed by atoms with Crippen LogP contribution in [0.25, 0.3) is 0 Å². The second kappa shape index (κ2) is 6.18. The molecule has 0 aliphatic heterocycles. The van der Waals surface area contributed by atoms with Crippen molar-refractivity contribution in [3.8, 4) is 0 Å². The molecule has 0 aromatic heterocycles. The van der Waals surface area contributed by atoms with Gasteiger partial charge in [0.25, 0.3) is 0 Å². The summed E-state index contributed by atoms with van der Waals surface area (Å²) >= 11 is 0. The molecule has 0 bridgehead atoms. The zero-order valence-corrected chi connectivity index (χ0v) is 13.3. The van der Waals surface area contributed by atoms with Crippen LogP contribution in [0.1, 0.15) is 25.8 Å². The van der Waals surface area contributed by atoms with Gasteiger partial charge in [-0.25, -0.2) is 0 Å². The molecule has 1 rings (SSSR count). The van der Waals surface area contributed by atoms with Crippen LogP contribution in [-0.2, 0) is 10.8 Å². The van der Waals surface area contributed by atoms with Gasteiger partial charge in [-0.15, -0.1) is 0 Å². The van der Waals surface area contributed by atoms with Crippen LogP contribution < -0.4 is 4.90 Å². The van der Waals surface area contributed by atoms with Gasteiger partial charge in [0.05, 0.1) is 8.07 Å². The van der Waals surface area contributed by atoms with Crippen LogP contribution in [0.4, 0.5) is 5.69 Å². The molecule has 100 valence electrons. The molecular formula is C15H25NOSi. The first kappa shape index (κ1) is 15.0. The van der Waals surface area contributed by atoms with E-state index in [9.17, 15) is 4.79 Å². The van der Waals surface area contributed by atoms with Crippen LogP contribution in [0, 0.1) is 0 Å². The van der Waals surface area contributed by atoms with E-state index in [1.54, 1.807) is 11.8 Å². The summed E-state index contributed by atoms with van der Waals surface area (Å²) in [6.45, 7) is 8.75. The predicted octanol–water partition coefficient (Wildman–Crippen LogP) is 3.87. The molecule has 0 aliphatic rings. The van der Waals surface area contributed by atoms with Gasteiger partial charge in [0.1, 0.15) is 0 Å². The Kier molecular flexibility index (Phi) is 5.14. The van der Waals surface area contributed by atoms with Crippen LogP contribution >= 0.6 is 0 Å². The lowest BCUT2D eigenvalue weighted by molar-refractivity contribution is -0.116. The van der Waals surface area contributed by atoms with E-state index in [0.29, 0.717) is 0 Å². The Morgan fingerprint density at radius 3 is 2.22 bits per heavy atom. The van der Waals surface area contributed by atoms with Crippen LogP contribution in [0.5, 0.6) is 0 Å². The largest absolute Gasteiger partial charge is 0.316 e. The van der Waals surface area contributed by atoms with Crippen molar-refractivity contribution in [1.82, 2.24) is 0 Å². The van der Waals surface area contributed by atoms with E-state index in [4.69, 9.17) is 0 Å². The monoisotopic (exact) mass is 263 g/mol. The van der Waals surface area contributed by atoms with Crippen LogP contribution in [0.15, 0.2) is 24.3 Å². The number of hydrogen-bond donors (Lipinski definition) is 0. The zero-order valence-electron chi connectivity index (χ0n) is 12.3. The molecular weight excluding hydrogens is 238 g/mol. The van der Waals surface area contributed by atoms with Crippen LogP contribution in [0.2, 0.25) is 19.1 Å². The molecule has 0 radical (unpaired) electrons. The summed E-state index contributed by atoms with van der Waals surface area (Å²) in [6, 6.07) is 11.0. The summed E-state index contributed by atoms with van der Waals surface area (Å²) in [5.74, 6) is 0.0726. The summed E-state index contributed by atoms with van der Waals surface area (Å²) in [5.41, 5.74) is 2.38. The number of anilines is 1. The summed E-state index contributed by atoms with van der Waals surface area (Å²) in [4.78, 5) is 13.0. The first-order chi connectivity index (χ1) is 8.35. The summed E-state index contributed by atoms with van der Waals surface area (Å²) < 4.78 is 0. The van der Waals surface area contributed by atoms with Gasteiger partial charge >= 0.3 is 0 Å². The number of carbonyl (C=O) groups excluding carboxylic acids is 1. The molecule has 1 aromatic rings. The molecule has 0 aliphatic carbocycles. The number of amides is 1. The van der Waals surface area contributed by atoms with Gasteiger partial charge in [0.15, 0.2) is 0 Å². The zero-order chi connectivity index (χ0) is 13.8. The van der Waals surface area contributed by atoms with E-state index >= 15 is 0 Å². The number of benzene rings is 1. The second-order valence-corrected chi connectivity index (χ2v) is 11.0. The third-order valence-electron chi connectivity index (χ3n) is 3.41. The van der Waals surface area contributed by atoms with E-state index in [2.05, 4.69) is 32.2 Å². The van der Waals surface area contributed by atoms with Crippen molar-refractivity contribution in [2.75, 3.05) is 11.9 Å². The van der Waals surface area contributed by atoms with Crippen molar-refractivity contribution in [2.45, 2.75) is 45.5 Å². The number of nitrogens with zero attached hydrogens (tertiary/aromatic N) is 1. The molecule has 18 heavy (non-hydrogen) atoms. The molecule has 0 saturated carbocycles. The normalized spacial score (nSPS) is 11.4. The second-order valence-electron chi connectivity index (χ2n) is 5.84. The molecule has 2 nitrogen and oxygen atoms in total. The van der Waals surface area contributed by atoms with Gasteiger partial charge in [0, 0.05) is 19.7 Å². The minimum Gasteiger partial charge on any atom is -0.316 e. The van der Waals surface area contributed by atoms with Gasteiger partial charge in [-0.2, -0.15) is 0 Å². The Morgan fingerprint density at radius 1 is 1.22 bits per heavy atom. The summed E-state index contributed by atoms with van der Waals surface area (Å²) in [6.07, 6.45) is 1.28. The number of carbonyl (C=O) groups is 1. The molecule has 0 N–H and O–H groups in total. The van der Waals surface area contributed by atoms with Crippen LogP contribution in [0.3, 0.4) is 0 Å². The highest BCUT2D eigenvalue weighted by atomic mass is 28.3. The van der Waals surface area contributed by atoms with Gasteiger partial charge in [-0.05, 0) is 18.2 Å². The Morgan fingerprint density at radius 2 is 1.78 bits per heavy atom. The fourth-order valence-corrected chi connectivity index (χ4v) is 5.21. The number of hydrogen-bond acceptors (Lipinski definition) is 1. The van der Waals surface area contributed by atoms with Gasteiger partial charge in [-0.1, -0.05) is 50.2 Å². The Bertz CT molecular complexity index is 397. The molecule has 3 heteroatoms. The van der Waals surface area contributed by atoms with Crippen molar-refractivity contribution < 1.29 is 4.79 Å². The quantitative estimate of drug-likeness (QED) is 0.739. The van der Waals surface area contributed by atoms with Gasteiger partial charge in [-0.3, -0.25) is 4.79 Å². The molecule has 0 spiro atoms. The summed E-state index contributed by atoms with van der Waals surface area (Å²) in [5, 5.41) is 0. The average Bonchev–Trinajstić information content (AvgIpc) is 2.28. The van der Waals surface area contributed by atoms with Crippen molar-refractivity contribution in [2.24, 2.45) is 0 Å². The van der Waals surface area contributed by atoms with Crippen molar-refractivity contribution in [3.63, 3.8) is 0 Å². The maximum atomic E-state index is 11.3. The fourth-order valence-electron chi connectivity index (χ4n) is 2.34. The number of rotatable bonds is 5. The Balaban J connectivity index is 2.74. The van der Waals surface area contributed by atoms with Crippen molar-refractivity contribution in [1.29, 1.82) is 0 Å². The molecule has 1 amide bonds. The fraction of sp³-hybridized carbons (Fsp3) is 0.533. The van der Waals surface area contributed by atoms with Crippen LogP contribution in [-0.4, -0.2) is 21.0 Å². The van der Waals surface area contributed by atoms with E-state index in [1.165, 1.54) is 24.1 Å². The Hall–Kier alpha value is -1.09. The third kappa shape index (κ3) is 4.30. The highest BCUT2D eigenvalue weighted by molar-refractivity contribution is 6.76. The minimum absolute atomic E-state index is 0.0726. The standard InChI is InChI=1S/C15H25NOSi/c1-6-11-18(4,5)12-14-7-9-15(10-8-14)16(3)13(2)17/h7-10H,6,11-12H2,1-5H3. The molecule has 0 unspecified atom stereocenters. The highest BCUT2D eigenvalue weighted by Gasteiger charge is 2.19. The predicted molar refractivity (Wildman–Crippen MR) is 81.8 cm³/mol. The topological polar surface area (TPSA) is 20.3 Å². The van der Waals surface area contributed by atoms with Crippen molar-refractivity contribution in [3.05, 3.63) is 29.8 Å². The maximum Gasteiger partial charge on any atom is 0.223 e. The SMILES string of the molecule is CCC[Si](C)(C)Cc1ccc(N(C)C(C)=O)cc1.